The van der Waals surface area contributed by atoms with Gasteiger partial charge in [0.1, 0.15) is 0 Å². The van der Waals surface area contributed by atoms with Crippen molar-refractivity contribution in [2.24, 2.45) is 11.5 Å². The second-order valence-corrected chi connectivity index (χ2v) is 3.38. The van der Waals surface area contributed by atoms with E-state index in [9.17, 15) is 4.79 Å². The number of amides is 1. The fraction of sp³-hybridized carbons (Fsp3) is 0.300. The van der Waals surface area contributed by atoms with Crippen LogP contribution >= 0.6 is 0 Å². The van der Waals surface area contributed by atoms with Crippen LogP contribution in [0.5, 0.6) is 0 Å². The van der Waals surface area contributed by atoms with E-state index in [0.29, 0.717) is 5.56 Å². The highest BCUT2D eigenvalue weighted by atomic mass is 16.1. The van der Waals surface area contributed by atoms with Crippen LogP contribution < -0.4 is 11.5 Å². The minimum atomic E-state index is -0.356. The lowest BCUT2D eigenvalue weighted by Gasteiger charge is -2.06. The third-order valence-corrected chi connectivity index (χ3v) is 2.58. The van der Waals surface area contributed by atoms with Crippen molar-refractivity contribution in [3.63, 3.8) is 0 Å². The molecule has 4 N–H and O–H groups in total. The van der Waals surface area contributed by atoms with Gasteiger partial charge in [-0.15, -0.1) is 0 Å². The summed E-state index contributed by atoms with van der Waals surface area (Å²) in [5.74, 6) is -0.356. The van der Waals surface area contributed by atoms with Crippen LogP contribution in [0.4, 0.5) is 0 Å². The summed E-state index contributed by atoms with van der Waals surface area (Å²) in [4.78, 5) is 11.0. The average Bonchev–Trinajstić information content (AvgIpc) is 2.48. The summed E-state index contributed by atoms with van der Waals surface area (Å²) in [5, 5.41) is 0. The van der Waals surface area contributed by atoms with Crippen molar-refractivity contribution in [3.8, 4) is 0 Å². The minimum absolute atomic E-state index is 0.0781. The van der Waals surface area contributed by atoms with E-state index in [4.69, 9.17) is 11.5 Å². The molecule has 1 aromatic carbocycles. The number of benzene rings is 1. The smallest absolute Gasteiger partial charge is 0.248 e. The lowest BCUT2D eigenvalue weighted by atomic mass is 10.0. The largest absolute Gasteiger partial charge is 0.366 e. The van der Waals surface area contributed by atoms with Gasteiger partial charge in [-0.05, 0) is 30.0 Å². The van der Waals surface area contributed by atoms with Gasteiger partial charge < -0.3 is 11.5 Å². The summed E-state index contributed by atoms with van der Waals surface area (Å²) in [7, 11) is 0. The summed E-state index contributed by atoms with van der Waals surface area (Å²) < 4.78 is 0. The number of nitrogens with two attached hydrogens (primary N) is 2. The summed E-state index contributed by atoms with van der Waals surface area (Å²) in [5.41, 5.74) is 13.9. The summed E-state index contributed by atoms with van der Waals surface area (Å²) in [6.07, 6.45) is 1.79. The molecule has 1 aliphatic rings. The van der Waals surface area contributed by atoms with Crippen LogP contribution in [0.1, 0.15) is 33.9 Å². The number of rotatable bonds is 1. The second-order valence-electron chi connectivity index (χ2n) is 3.38. The SMILES string of the molecule is NC(=O)c1cccc2c1CC[C@H]2N. The monoisotopic (exact) mass is 176 g/mol. The molecule has 3 nitrogen and oxygen atoms in total. The van der Waals surface area contributed by atoms with Gasteiger partial charge in [0.25, 0.3) is 0 Å². The normalized spacial score (nSPS) is 19.9. The van der Waals surface area contributed by atoms with E-state index in [2.05, 4.69) is 0 Å². The highest BCUT2D eigenvalue weighted by Crippen LogP contribution is 2.31. The molecule has 3 heteroatoms. The van der Waals surface area contributed by atoms with Gasteiger partial charge in [0.05, 0.1) is 0 Å². The van der Waals surface area contributed by atoms with E-state index in [0.717, 1.165) is 24.0 Å². The number of hydrogen-bond donors (Lipinski definition) is 2. The van der Waals surface area contributed by atoms with E-state index in [1.54, 1.807) is 6.07 Å². The van der Waals surface area contributed by atoms with E-state index in [1.165, 1.54) is 0 Å². The van der Waals surface area contributed by atoms with Gasteiger partial charge in [-0.2, -0.15) is 0 Å². The van der Waals surface area contributed by atoms with Crippen LogP contribution in [0.25, 0.3) is 0 Å². The van der Waals surface area contributed by atoms with E-state index in [1.807, 2.05) is 12.1 Å². The zero-order chi connectivity index (χ0) is 9.42. The van der Waals surface area contributed by atoms with Crippen LogP contribution in [-0.2, 0) is 6.42 Å². The third-order valence-electron chi connectivity index (χ3n) is 2.58. The molecule has 1 aromatic rings. The number of fused-ring (bicyclic) bond motifs is 1. The molecule has 0 spiro atoms. The maximum atomic E-state index is 11.0. The molecule has 1 amide bonds. The first-order valence-electron chi connectivity index (χ1n) is 4.37. The Labute approximate surface area is 76.7 Å². The molecule has 0 unspecified atom stereocenters. The number of carbonyl (C=O) groups excluding carboxylic acids is 1. The Hall–Kier alpha value is -1.35. The van der Waals surface area contributed by atoms with Gasteiger partial charge in [0.15, 0.2) is 0 Å². The van der Waals surface area contributed by atoms with E-state index < -0.39 is 0 Å². The lowest BCUT2D eigenvalue weighted by molar-refractivity contribution is 0.0999. The zero-order valence-electron chi connectivity index (χ0n) is 7.29. The Bertz CT molecular complexity index is 360. The molecule has 1 atom stereocenters. The predicted octanol–water partition coefficient (Wildman–Crippen LogP) is 0.732. The van der Waals surface area contributed by atoms with Gasteiger partial charge in [-0.1, -0.05) is 12.1 Å². The fourth-order valence-corrected chi connectivity index (χ4v) is 1.92. The van der Waals surface area contributed by atoms with Crippen molar-refractivity contribution in [2.45, 2.75) is 18.9 Å². The van der Waals surface area contributed by atoms with Crippen LogP contribution in [0.15, 0.2) is 18.2 Å². The van der Waals surface area contributed by atoms with Crippen LogP contribution in [0.3, 0.4) is 0 Å². The molecule has 0 heterocycles. The number of carbonyl (C=O) groups is 1. The molecule has 1 aliphatic carbocycles. The van der Waals surface area contributed by atoms with Gasteiger partial charge in [-0.25, -0.2) is 0 Å². The van der Waals surface area contributed by atoms with Crippen molar-refractivity contribution >= 4 is 5.91 Å². The maximum absolute atomic E-state index is 11.0. The molecule has 2 rings (SSSR count). The van der Waals surface area contributed by atoms with Crippen molar-refractivity contribution < 1.29 is 4.79 Å². The standard InChI is InChI=1S/C10H12N2O/c11-9-5-4-6-7(9)2-1-3-8(6)10(12)13/h1-3,9H,4-5,11H2,(H2,12,13)/t9-/m1/s1. The molecule has 0 fully saturated rings. The first-order valence-corrected chi connectivity index (χ1v) is 4.37. The van der Waals surface area contributed by atoms with Gasteiger partial charge >= 0.3 is 0 Å². The lowest BCUT2D eigenvalue weighted by Crippen LogP contribution is -2.14. The van der Waals surface area contributed by atoms with Crippen molar-refractivity contribution in [1.82, 2.24) is 0 Å². The molecule has 0 aromatic heterocycles. The molecule has 0 aliphatic heterocycles. The fourth-order valence-electron chi connectivity index (χ4n) is 1.92. The minimum Gasteiger partial charge on any atom is -0.366 e. The Morgan fingerprint density at radius 3 is 2.92 bits per heavy atom. The van der Waals surface area contributed by atoms with Crippen molar-refractivity contribution in [3.05, 3.63) is 34.9 Å². The van der Waals surface area contributed by atoms with Gasteiger partial charge in [0.2, 0.25) is 5.91 Å². The molecular weight excluding hydrogens is 164 g/mol. The molecule has 13 heavy (non-hydrogen) atoms. The maximum Gasteiger partial charge on any atom is 0.248 e. The Kier molecular flexibility index (Phi) is 1.81. The quantitative estimate of drug-likeness (QED) is 0.662. The molecule has 0 saturated heterocycles. The molecular formula is C10H12N2O. The Morgan fingerprint density at radius 2 is 2.23 bits per heavy atom. The summed E-state index contributed by atoms with van der Waals surface area (Å²) in [6.45, 7) is 0. The topological polar surface area (TPSA) is 69.1 Å². The Morgan fingerprint density at radius 1 is 1.46 bits per heavy atom. The summed E-state index contributed by atoms with van der Waals surface area (Å²) in [6, 6.07) is 5.65. The first-order chi connectivity index (χ1) is 6.20. The summed E-state index contributed by atoms with van der Waals surface area (Å²) >= 11 is 0. The number of hydrogen-bond acceptors (Lipinski definition) is 2. The van der Waals surface area contributed by atoms with Crippen LogP contribution in [0, 0.1) is 0 Å². The highest BCUT2D eigenvalue weighted by molar-refractivity contribution is 5.94. The molecule has 0 bridgehead atoms. The van der Waals surface area contributed by atoms with Gasteiger partial charge in [0, 0.05) is 11.6 Å². The number of primary amides is 1. The van der Waals surface area contributed by atoms with Crippen LogP contribution in [0.2, 0.25) is 0 Å². The first kappa shape index (κ1) is 8.26. The molecule has 68 valence electrons. The second kappa shape index (κ2) is 2.85. The van der Waals surface area contributed by atoms with E-state index in [-0.39, 0.29) is 11.9 Å². The highest BCUT2D eigenvalue weighted by Gasteiger charge is 2.22. The van der Waals surface area contributed by atoms with E-state index >= 15 is 0 Å². The predicted molar refractivity (Wildman–Crippen MR) is 50.2 cm³/mol. The van der Waals surface area contributed by atoms with Crippen LogP contribution in [-0.4, -0.2) is 5.91 Å². The zero-order valence-corrected chi connectivity index (χ0v) is 7.29. The average molecular weight is 176 g/mol. The van der Waals surface area contributed by atoms with Crippen molar-refractivity contribution in [2.75, 3.05) is 0 Å². The third kappa shape index (κ3) is 1.21. The molecule has 0 radical (unpaired) electrons. The van der Waals surface area contributed by atoms with Crippen molar-refractivity contribution in [1.29, 1.82) is 0 Å². The Balaban J connectivity index is 2.57. The molecule has 0 saturated carbocycles. The van der Waals surface area contributed by atoms with Gasteiger partial charge in [-0.3, -0.25) is 4.79 Å².